The van der Waals surface area contributed by atoms with Crippen molar-refractivity contribution in [2.75, 3.05) is 0 Å². The molecule has 1 rings (SSSR count). The van der Waals surface area contributed by atoms with Gasteiger partial charge in [-0.15, -0.1) is 0 Å². The summed E-state index contributed by atoms with van der Waals surface area (Å²) in [5.74, 6) is 0.277. The normalized spacial score (nSPS) is 14.6. The van der Waals surface area contributed by atoms with Crippen LogP contribution in [0.5, 0.6) is 5.75 Å². The van der Waals surface area contributed by atoms with E-state index in [1.807, 2.05) is 6.92 Å². The molecule has 1 unspecified atom stereocenters. The first-order chi connectivity index (χ1) is 7.54. The van der Waals surface area contributed by atoms with Gasteiger partial charge in [0.2, 0.25) is 0 Å². The Kier molecular flexibility index (Phi) is 4.74. The second-order valence-corrected chi connectivity index (χ2v) is 4.19. The van der Waals surface area contributed by atoms with E-state index in [0.717, 1.165) is 12.8 Å². The van der Waals surface area contributed by atoms with Gasteiger partial charge >= 0.3 is 0 Å². The minimum Gasteiger partial charge on any atom is -0.491 e. The zero-order chi connectivity index (χ0) is 12.1. The highest BCUT2D eigenvalue weighted by molar-refractivity contribution is 5.30. The van der Waals surface area contributed by atoms with Crippen LogP contribution in [0.25, 0.3) is 0 Å². The second-order valence-electron chi connectivity index (χ2n) is 4.19. The molecule has 1 aromatic rings. The van der Waals surface area contributed by atoms with Crippen LogP contribution < -0.4 is 10.5 Å². The third-order valence-corrected chi connectivity index (χ3v) is 2.49. The fourth-order valence-corrected chi connectivity index (χ4v) is 1.65. The lowest BCUT2D eigenvalue weighted by Gasteiger charge is -2.15. The lowest BCUT2D eigenvalue weighted by Crippen LogP contribution is -2.12. The lowest BCUT2D eigenvalue weighted by molar-refractivity contribution is 0.209. The third-order valence-electron chi connectivity index (χ3n) is 2.49. The van der Waals surface area contributed by atoms with E-state index in [0.29, 0.717) is 11.3 Å². The number of halogens is 1. The van der Waals surface area contributed by atoms with E-state index < -0.39 is 0 Å². The van der Waals surface area contributed by atoms with Gasteiger partial charge in [-0.05, 0) is 26.3 Å². The minimum atomic E-state index is -0.295. The molecule has 0 aromatic heterocycles. The number of benzene rings is 1. The highest BCUT2D eigenvalue weighted by atomic mass is 19.1. The predicted octanol–water partition coefficient (Wildman–Crippen LogP) is 3.41. The summed E-state index contributed by atoms with van der Waals surface area (Å²) in [7, 11) is 0. The predicted molar refractivity (Wildman–Crippen MR) is 64.0 cm³/mol. The maximum absolute atomic E-state index is 13.6. The largest absolute Gasteiger partial charge is 0.491 e. The third kappa shape index (κ3) is 3.49. The van der Waals surface area contributed by atoms with Crippen LogP contribution in [-0.4, -0.2) is 6.10 Å². The van der Waals surface area contributed by atoms with Crippen molar-refractivity contribution in [2.45, 2.75) is 45.8 Å². The van der Waals surface area contributed by atoms with Gasteiger partial charge in [0.05, 0.1) is 6.10 Å². The summed E-state index contributed by atoms with van der Waals surface area (Å²) in [5, 5.41) is 0. The topological polar surface area (TPSA) is 35.2 Å². The van der Waals surface area contributed by atoms with Crippen molar-refractivity contribution in [1.29, 1.82) is 0 Å². The van der Waals surface area contributed by atoms with Crippen molar-refractivity contribution in [3.8, 4) is 5.75 Å². The van der Waals surface area contributed by atoms with Gasteiger partial charge in [0.1, 0.15) is 11.6 Å². The van der Waals surface area contributed by atoms with Crippen LogP contribution >= 0.6 is 0 Å². The summed E-state index contributed by atoms with van der Waals surface area (Å²) in [5.41, 5.74) is 6.16. The first-order valence-electron chi connectivity index (χ1n) is 5.76. The van der Waals surface area contributed by atoms with Crippen LogP contribution in [0, 0.1) is 5.82 Å². The van der Waals surface area contributed by atoms with Crippen LogP contribution in [-0.2, 0) is 0 Å². The van der Waals surface area contributed by atoms with Crippen LogP contribution in [0.4, 0.5) is 4.39 Å². The molecule has 2 N–H and O–H groups in total. The first-order valence-corrected chi connectivity index (χ1v) is 5.76. The average molecular weight is 225 g/mol. The second kappa shape index (κ2) is 5.85. The zero-order valence-corrected chi connectivity index (χ0v) is 10.2. The molecule has 0 aliphatic carbocycles. The Labute approximate surface area is 96.6 Å². The zero-order valence-electron chi connectivity index (χ0n) is 10.2. The Balaban J connectivity index is 2.73. The van der Waals surface area contributed by atoms with Gasteiger partial charge in [0.25, 0.3) is 0 Å². The van der Waals surface area contributed by atoms with Crippen molar-refractivity contribution >= 4 is 0 Å². The summed E-state index contributed by atoms with van der Waals surface area (Å²) < 4.78 is 19.2. The van der Waals surface area contributed by atoms with Gasteiger partial charge in [-0.3, -0.25) is 0 Å². The molecule has 0 aliphatic rings. The van der Waals surface area contributed by atoms with Crippen LogP contribution in [0.1, 0.15) is 45.2 Å². The van der Waals surface area contributed by atoms with E-state index in [9.17, 15) is 4.39 Å². The Morgan fingerprint density at radius 2 is 2.06 bits per heavy atom. The van der Waals surface area contributed by atoms with Crippen molar-refractivity contribution in [1.82, 2.24) is 0 Å². The molecule has 0 aliphatic heterocycles. The summed E-state index contributed by atoms with van der Waals surface area (Å²) in [4.78, 5) is 0. The quantitative estimate of drug-likeness (QED) is 0.833. The molecule has 0 saturated heterocycles. The number of hydrogen-bond acceptors (Lipinski definition) is 2. The highest BCUT2D eigenvalue weighted by Crippen LogP contribution is 2.21. The highest BCUT2D eigenvalue weighted by Gasteiger charge is 2.09. The van der Waals surface area contributed by atoms with Crippen molar-refractivity contribution < 1.29 is 9.13 Å². The molecule has 0 heterocycles. The maximum atomic E-state index is 13.6. The molecule has 0 saturated carbocycles. The number of ether oxygens (including phenoxy) is 1. The fraction of sp³-hybridized carbons (Fsp3) is 0.538. The van der Waals surface area contributed by atoms with Crippen molar-refractivity contribution in [2.24, 2.45) is 5.73 Å². The molecule has 0 bridgehead atoms. The summed E-state index contributed by atoms with van der Waals surface area (Å²) in [6.45, 7) is 5.85. The molecular weight excluding hydrogens is 205 g/mol. The molecule has 0 amide bonds. The van der Waals surface area contributed by atoms with Crippen molar-refractivity contribution in [3.63, 3.8) is 0 Å². The molecule has 0 fully saturated rings. The van der Waals surface area contributed by atoms with Crippen LogP contribution in [0.3, 0.4) is 0 Å². The Hall–Kier alpha value is -1.09. The van der Waals surface area contributed by atoms with Gasteiger partial charge in [-0.2, -0.15) is 0 Å². The Morgan fingerprint density at radius 1 is 1.38 bits per heavy atom. The fourth-order valence-electron chi connectivity index (χ4n) is 1.65. The molecule has 16 heavy (non-hydrogen) atoms. The van der Waals surface area contributed by atoms with Crippen LogP contribution in [0.15, 0.2) is 18.2 Å². The van der Waals surface area contributed by atoms with Gasteiger partial charge in [0, 0.05) is 17.7 Å². The van der Waals surface area contributed by atoms with E-state index in [1.54, 1.807) is 19.1 Å². The Bertz CT molecular complexity index is 339. The Morgan fingerprint density at radius 3 is 2.56 bits per heavy atom. The first kappa shape index (κ1) is 13.0. The molecule has 2 atom stereocenters. The molecular formula is C13H20FNO. The van der Waals surface area contributed by atoms with Crippen molar-refractivity contribution in [3.05, 3.63) is 29.6 Å². The van der Waals surface area contributed by atoms with Crippen LogP contribution in [0.2, 0.25) is 0 Å². The molecule has 1 aromatic carbocycles. The number of hydrogen-bond donors (Lipinski definition) is 1. The maximum Gasteiger partial charge on any atom is 0.131 e. The monoisotopic (exact) mass is 225 g/mol. The van der Waals surface area contributed by atoms with E-state index in [-0.39, 0.29) is 18.0 Å². The van der Waals surface area contributed by atoms with Gasteiger partial charge < -0.3 is 10.5 Å². The SMILES string of the molecule is CCCC(C)Oc1ccc([C@@H](C)N)c(F)c1. The molecule has 0 spiro atoms. The van der Waals surface area contributed by atoms with E-state index in [1.165, 1.54) is 6.07 Å². The number of nitrogens with two attached hydrogens (primary N) is 1. The van der Waals surface area contributed by atoms with E-state index in [4.69, 9.17) is 10.5 Å². The van der Waals surface area contributed by atoms with E-state index in [2.05, 4.69) is 6.92 Å². The molecule has 2 nitrogen and oxygen atoms in total. The lowest BCUT2D eigenvalue weighted by atomic mass is 10.1. The number of rotatable bonds is 5. The standard InChI is InChI=1S/C13H20FNO/c1-4-5-9(2)16-11-6-7-12(10(3)15)13(14)8-11/h6-10H,4-5,15H2,1-3H3/t9?,10-/m1/s1. The minimum absolute atomic E-state index is 0.116. The summed E-state index contributed by atoms with van der Waals surface area (Å²) in [6, 6.07) is 4.58. The van der Waals surface area contributed by atoms with Gasteiger partial charge in [0.15, 0.2) is 0 Å². The van der Waals surface area contributed by atoms with Gasteiger partial charge in [-0.1, -0.05) is 19.4 Å². The average Bonchev–Trinajstić information content (AvgIpc) is 2.17. The molecule has 0 radical (unpaired) electrons. The smallest absolute Gasteiger partial charge is 0.131 e. The van der Waals surface area contributed by atoms with Gasteiger partial charge in [-0.25, -0.2) is 4.39 Å². The summed E-state index contributed by atoms with van der Waals surface area (Å²) in [6.07, 6.45) is 2.14. The summed E-state index contributed by atoms with van der Waals surface area (Å²) >= 11 is 0. The van der Waals surface area contributed by atoms with E-state index >= 15 is 0 Å². The molecule has 90 valence electrons. The molecule has 3 heteroatoms.